The Hall–Kier alpha value is -2.96. The topological polar surface area (TPSA) is 130 Å². The van der Waals surface area contributed by atoms with Gasteiger partial charge in [0.2, 0.25) is 15.9 Å². The van der Waals surface area contributed by atoms with Crippen molar-refractivity contribution in [3.05, 3.63) is 48.2 Å². The number of nitrogens with one attached hydrogen (secondary N) is 3. The third kappa shape index (κ3) is 5.55. The van der Waals surface area contributed by atoms with Crippen LogP contribution < -0.4 is 16.0 Å². The monoisotopic (exact) mass is 440 g/mol. The van der Waals surface area contributed by atoms with Crippen LogP contribution in [-0.4, -0.2) is 57.5 Å². The molecule has 162 valence electrons. The lowest BCUT2D eigenvalue weighted by molar-refractivity contribution is -0.118. The molecule has 1 saturated heterocycles. The molecule has 30 heavy (non-hydrogen) atoms. The molecule has 0 radical (unpaired) electrons. The number of anilines is 1. The second-order valence-corrected chi connectivity index (χ2v) is 8.23. The minimum atomic E-state index is -4.04. The highest BCUT2D eigenvalue weighted by Gasteiger charge is 2.29. The molecule has 12 heteroatoms. The first-order valence-corrected chi connectivity index (χ1v) is 10.5. The molecular weight excluding hydrogens is 419 g/mol. The molecule has 1 aliphatic heterocycles. The molecule has 1 fully saturated rings. The van der Waals surface area contributed by atoms with Crippen molar-refractivity contribution >= 4 is 27.6 Å². The molecule has 0 unspecified atom stereocenters. The van der Waals surface area contributed by atoms with Crippen LogP contribution in [0.2, 0.25) is 0 Å². The maximum Gasteiger partial charge on any atom is 0.321 e. The van der Waals surface area contributed by atoms with E-state index in [4.69, 9.17) is 9.15 Å². The summed E-state index contributed by atoms with van der Waals surface area (Å²) in [4.78, 5) is 23.1. The summed E-state index contributed by atoms with van der Waals surface area (Å²) in [6.45, 7) is 0.531. The number of carbonyl (C=O) groups excluding carboxylic acids is 2. The zero-order valence-corrected chi connectivity index (χ0v) is 16.7. The van der Waals surface area contributed by atoms with E-state index in [1.165, 1.54) is 12.3 Å². The number of nitrogens with zero attached hydrogens (tertiary/aromatic N) is 1. The summed E-state index contributed by atoms with van der Waals surface area (Å²) >= 11 is 0. The molecule has 3 rings (SSSR count). The number of urea groups is 1. The number of carbonyl (C=O) groups is 2. The van der Waals surface area contributed by atoms with Crippen molar-refractivity contribution in [2.24, 2.45) is 0 Å². The molecule has 1 aromatic heterocycles. The van der Waals surface area contributed by atoms with Crippen LogP contribution in [0.4, 0.5) is 14.9 Å². The number of ether oxygens (including phenoxy) is 1. The molecule has 3 amide bonds. The van der Waals surface area contributed by atoms with Gasteiger partial charge in [0.25, 0.3) is 0 Å². The van der Waals surface area contributed by atoms with Crippen LogP contribution in [0.15, 0.2) is 45.9 Å². The highest BCUT2D eigenvalue weighted by molar-refractivity contribution is 7.89. The third-order valence-corrected chi connectivity index (χ3v) is 6.14. The summed E-state index contributed by atoms with van der Waals surface area (Å²) in [7, 11) is -4.04. The van der Waals surface area contributed by atoms with Crippen LogP contribution in [-0.2, 0) is 26.1 Å². The van der Waals surface area contributed by atoms with E-state index in [0.29, 0.717) is 5.76 Å². The third-order valence-electron chi connectivity index (χ3n) is 4.23. The molecule has 2 heterocycles. The quantitative estimate of drug-likeness (QED) is 0.583. The van der Waals surface area contributed by atoms with E-state index < -0.39 is 32.7 Å². The van der Waals surface area contributed by atoms with Gasteiger partial charge in [-0.3, -0.25) is 10.1 Å². The van der Waals surface area contributed by atoms with E-state index in [9.17, 15) is 22.4 Å². The van der Waals surface area contributed by atoms with Crippen LogP contribution in [0.5, 0.6) is 0 Å². The standard InChI is InChI=1S/C18H21FN4O6S/c19-15-4-3-13(10-16(15)30(26,27)23-5-8-28-9-6-23)20-12-17(24)22-18(25)21-11-14-2-1-7-29-14/h1-4,7,10,20H,5-6,8-9,11-12H2,(H2,21,22,24,25). The number of amides is 3. The Kier molecular flexibility index (Phi) is 7.03. The van der Waals surface area contributed by atoms with Gasteiger partial charge in [-0.05, 0) is 30.3 Å². The van der Waals surface area contributed by atoms with Crippen molar-refractivity contribution in [1.82, 2.24) is 14.9 Å². The zero-order valence-electron chi connectivity index (χ0n) is 15.9. The molecule has 0 bridgehead atoms. The van der Waals surface area contributed by atoms with Gasteiger partial charge in [-0.15, -0.1) is 0 Å². The molecule has 1 aliphatic rings. The number of rotatable bonds is 7. The molecule has 0 saturated carbocycles. The van der Waals surface area contributed by atoms with Gasteiger partial charge in [-0.1, -0.05) is 0 Å². The van der Waals surface area contributed by atoms with Gasteiger partial charge in [0.15, 0.2) is 0 Å². The summed E-state index contributed by atoms with van der Waals surface area (Å²) in [5, 5.41) is 7.24. The molecular formula is C18H21FN4O6S. The number of morpholine rings is 1. The van der Waals surface area contributed by atoms with Crippen molar-refractivity contribution in [2.45, 2.75) is 11.4 Å². The van der Waals surface area contributed by atoms with Gasteiger partial charge in [0.1, 0.15) is 16.5 Å². The van der Waals surface area contributed by atoms with Crippen molar-refractivity contribution in [2.75, 3.05) is 38.2 Å². The maximum absolute atomic E-state index is 14.2. The second-order valence-electron chi connectivity index (χ2n) is 6.33. The first kappa shape index (κ1) is 21.7. The van der Waals surface area contributed by atoms with Crippen molar-refractivity contribution in [3.63, 3.8) is 0 Å². The van der Waals surface area contributed by atoms with Crippen LogP contribution in [0.3, 0.4) is 0 Å². The number of sulfonamides is 1. The van der Waals surface area contributed by atoms with Crippen molar-refractivity contribution in [3.8, 4) is 0 Å². The number of hydrogen-bond acceptors (Lipinski definition) is 7. The van der Waals surface area contributed by atoms with E-state index in [-0.39, 0.29) is 45.1 Å². The van der Waals surface area contributed by atoms with E-state index >= 15 is 0 Å². The van der Waals surface area contributed by atoms with Gasteiger partial charge in [-0.2, -0.15) is 4.31 Å². The molecule has 1 aromatic carbocycles. The number of hydrogen-bond donors (Lipinski definition) is 3. The second kappa shape index (κ2) is 9.69. The highest BCUT2D eigenvalue weighted by atomic mass is 32.2. The Morgan fingerprint density at radius 1 is 1.17 bits per heavy atom. The van der Waals surface area contributed by atoms with Gasteiger partial charge in [-0.25, -0.2) is 17.6 Å². The smallest absolute Gasteiger partial charge is 0.321 e. The van der Waals surface area contributed by atoms with E-state index in [1.807, 2.05) is 0 Å². The average molecular weight is 440 g/mol. The minimum absolute atomic E-state index is 0.111. The number of furan rings is 1. The maximum atomic E-state index is 14.2. The Morgan fingerprint density at radius 3 is 2.63 bits per heavy atom. The molecule has 3 N–H and O–H groups in total. The number of halogens is 1. The Bertz CT molecular complexity index is 990. The lowest BCUT2D eigenvalue weighted by Gasteiger charge is -2.26. The molecule has 10 nitrogen and oxygen atoms in total. The molecule has 2 aromatic rings. The lowest BCUT2D eigenvalue weighted by atomic mass is 10.3. The van der Waals surface area contributed by atoms with Crippen LogP contribution in [0, 0.1) is 5.82 Å². The summed E-state index contributed by atoms with van der Waals surface area (Å²) in [5.41, 5.74) is 0.217. The predicted molar refractivity (Wildman–Crippen MR) is 104 cm³/mol. The largest absolute Gasteiger partial charge is 0.467 e. The Labute approximate surface area is 172 Å². The highest BCUT2D eigenvalue weighted by Crippen LogP contribution is 2.23. The SMILES string of the molecule is O=C(CNc1ccc(F)c(S(=O)(=O)N2CCOCC2)c1)NC(=O)NCc1ccco1. The first-order valence-electron chi connectivity index (χ1n) is 9.07. The normalized spacial score (nSPS) is 14.8. The first-order chi connectivity index (χ1) is 14.4. The van der Waals surface area contributed by atoms with E-state index in [0.717, 1.165) is 16.4 Å². The Morgan fingerprint density at radius 2 is 1.93 bits per heavy atom. The fraction of sp³-hybridized carbons (Fsp3) is 0.333. The van der Waals surface area contributed by atoms with Crippen molar-refractivity contribution in [1.29, 1.82) is 0 Å². The average Bonchev–Trinajstić information content (AvgIpc) is 3.26. The van der Waals surface area contributed by atoms with Gasteiger partial charge in [0.05, 0.1) is 32.6 Å². The molecule has 0 atom stereocenters. The molecule has 0 aliphatic carbocycles. The van der Waals surface area contributed by atoms with Gasteiger partial charge in [0, 0.05) is 18.8 Å². The predicted octanol–water partition coefficient (Wildman–Crippen LogP) is 0.877. The van der Waals surface area contributed by atoms with Crippen LogP contribution in [0.25, 0.3) is 0 Å². The van der Waals surface area contributed by atoms with Gasteiger partial charge >= 0.3 is 6.03 Å². The molecule has 0 spiro atoms. The number of benzene rings is 1. The zero-order chi connectivity index (χ0) is 21.6. The van der Waals surface area contributed by atoms with Gasteiger partial charge < -0.3 is 19.8 Å². The summed E-state index contributed by atoms with van der Waals surface area (Å²) in [6, 6.07) is 6.04. The minimum Gasteiger partial charge on any atom is -0.467 e. The Balaban J connectivity index is 1.55. The fourth-order valence-corrected chi connectivity index (χ4v) is 4.21. The van der Waals surface area contributed by atoms with E-state index in [1.54, 1.807) is 12.1 Å². The fourth-order valence-electron chi connectivity index (χ4n) is 2.71. The van der Waals surface area contributed by atoms with Crippen LogP contribution in [0.1, 0.15) is 5.76 Å². The van der Waals surface area contributed by atoms with Crippen molar-refractivity contribution < 1.29 is 31.6 Å². The summed E-state index contributed by atoms with van der Waals surface area (Å²) in [5.74, 6) is -1.03. The van der Waals surface area contributed by atoms with E-state index in [2.05, 4.69) is 16.0 Å². The summed E-state index contributed by atoms with van der Waals surface area (Å²) < 4.78 is 50.9. The van der Waals surface area contributed by atoms with Crippen LogP contribution >= 0.6 is 0 Å². The summed E-state index contributed by atoms with van der Waals surface area (Å²) in [6.07, 6.45) is 1.46. The lowest BCUT2D eigenvalue weighted by Crippen LogP contribution is -2.41. The number of imide groups is 1.